The highest BCUT2D eigenvalue weighted by Crippen LogP contribution is 2.01. The molecule has 22 heavy (non-hydrogen) atoms. The maximum Gasteiger partial charge on any atom is 0.328 e. The summed E-state index contributed by atoms with van der Waals surface area (Å²) in [5, 5.41) is 21.9. The zero-order valence-corrected chi connectivity index (χ0v) is 12.4. The van der Waals surface area contributed by atoms with Gasteiger partial charge in [0.05, 0.1) is 19.1 Å². The third kappa shape index (κ3) is 6.50. The van der Waals surface area contributed by atoms with Crippen molar-refractivity contribution in [2.24, 2.45) is 17.4 Å². The summed E-state index contributed by atoms with van der Waals surface area (Å²) < 4.78 is 0. The number of hydrogen-bond acceptors (Lipinski definition) is 6. The lowest BCUT2D eigenvalue weighted by Gasteiger charge is -2.22. The first-order valence-electron chi connectivity index (χ1n) is 6.58. The number of nitrogens with one attached hydrogen (secondary N) is 2. The van der Waals surface area contributed by atoms with Crippen LogP contribution >= 0.6 is 0 Å². The number of carbonyl (C=O) groups is 4. The molecule has 10 heteroatoms. The monoisotopic (exact) mass is 318 g/mol. The van der Waals surface area contributed by atoms with Crippen molar-refractivity contribution in [3.05, 3.63) is 0 Å². The molecule has 0 aromatic heterocycles. The van der Waals surface area contributed by atoms with Gasteiger partial charge >= 0.3 is 5.97 Å². The van der Waals surface area contributed by atoms with Gasteiger partial charge in [0.2, 0.25) is 17.7 Å². The maximum atomic E-state index is 11.9. The predicted octanol–water partition coefficient (Wildman–Crippen LogP) is -3.11. The topological polar surface area (TPSA) is 185 Å². The van der Waals surface area contributed by atoms with Gasteiger partial charge in [-0.15, -0.1) is 0 Å². The van der Waals surface area contributed by atoms with Gasteiger partial charge in [0, 0.05) is 0 Å². The summed E-state index contributed by atoms with van der Waals surface area (Å²) >= 11 is 0. The van der Waals surface area contributed by atoms with Crippen LogP contribution in [0.5, 0.6) is 0 Å². The highest BCUT2D eigenvalue weighted by Gasteiger charge is 2.29. The van der Waals surface area contributed by atoms with Gasteiger partial charge in [-0.1, -0.05) is 13.8 Å². The lowest BCUT2D eigenvalue weighted by atomic mass is 10.0. The van der Waals surface area contributed by atoms with Crippen LogP contribution in [-0.2, 0) is 19.2 Å². The number of aliphatic carboxylic acids is 1. The van der Waals surface area contributed by atoms with Crippen LogP contribution in [0.15, 0.2) is 0 Å². The van der Waals surface area contributed by atoms with E-state index < -0.39 is 54.8 Å². The fraction of sp³-hybridized carbons (Fsp3) is 0.667. The number of carboxylic acids is 1. The zero-order valence-electron chi connectivity index (χ0n) is 12.4. The standard InChI is InChI=1S/C12H22N4O6/c1-5(2)9(14)11(20)15-6(3-8(13)18)10(19)16-7(4-17)12(21)22/h5-7,9,17H,3-4,14H2,1-2H3,(H2,13,18)(H,15,20)(H,16,19)(H,21,22). The number of amides is 3. The van der Waals surface area contributed by atoms with Gasteiger partial charge in [-0.05, 0) is 5.92 Å². The zero-order chi connectivity index (χ0) is 17.4. The third-order valence-corrected chi connectivity index (χ3v) is 2.86. The molecule has 0 rings (SSSR count). The number of carboxylic acid groups (broad SMARTS) is 1. The Labute approximate surface area is 127 Å². The molecule has 0 radical (unpaired) electrons. The van der Waals surface area contributed by atoms with E-state index >= 15 is 0 Å². The van der Waals surface area contributed by atoms with Crippen LogP contribution in [0, 0.1) is 5.92 Å². The van der Waals surface area contributed by atoms with Crippen molar-refractivity contribution >= 4 is 23.7 Å². The minimum Gasteiger partial charge on any atom is -0.480 e. The molecule has 0 spiro atoms. The molecule has 0 aromatic rings. The molecule has 0 saturated carbocycles. The Balaban J connectivity index is 4.97. The molecule has 0 aliphatic heterocycles. The highest BCUT2D eigenvalue weighted by molar-refractivity contribution is 5.94. The molecule has 0 aromatic carbocycles. The van der Waals surface area contributed by atoms with Crippen molar-refractivity contribution in [1.29, 1.82) is 0 Å². The third-order valence-electron chi connectivity index (χ3n) is 2.86. The molecule has 3 atom stereocenters. The van der Waals surface area contributed by atoms with Crippen molar-refractivity contribution in [3.8, 4) is 0 Å². The van der Waals surface area contributed by atoms with E-state index in [1.165, 1.54) is 0 Å². The summed E-state index contributed by atoms with van der Waals surface area (Å²) in [5.74, 6) is -4.16. The van der Waals surface area contributed by atoms with Gasteiger partial charge < -0.3 is 32.3 Å². The van der Waals surface area contributed by atoms with Crippen molar-refractivity contribution in [1.82, 2.24) is 10.6 Å². The van der Waals surface area contributed by atoms with Gasteiger partial charge in [-0.3, -0.25) is 14.4 Å². The number of carbonyl (C=O) groups excluding carboxylic acids is 3. The average molecular weight is 318 g/mol. The summed E-state index contributed by atoms with van der Waals surface area (Å²) in [5.41, 5.74) is 10.6. The fourth-order valence-electron chi connectivity index (χ4n) is 1.44. The molecule has 10 nitrogen and oxygen atoms in total. The predicted molar refractivity (Wildman–Crippen MR) is 75.2 cm³/mol. The maximum absolute atomic E-state index is 11.9. The Bertz CT molecular complexity index is 439. The normalized spacial score (nSPS) is 14.8. The Kier molecular flexibility index (Phi) is 8.05. The van der Waals surface area contributed by atoms with E-state index in [9.17, 15) is 19.2 Å². The van der Waals surface area contributed by atoms with E-state index in [4.69, 9.17) is 21.7 Å². The molecule has 0 aliphatic rings. The van der Waals surface area contributed by atoms with Crippen molar-refractivity contribution in [3.63, 3.8) is 0 Å². The minimum atomic E-state index is -1.56. The number of aliphatic hydroxyl groups excluding tert-OH is 1. The molecule has 0 saturated heterocycles. The van der Waals surface area contributed by atoms with Gasteiger partial charge in [0.15, 0.2) is 0 Å². The molecule has 0 bridgehead atoms. The summed E-state index contributed by atoms with van der Waals surface area (Å²) in [6.45, 7) is 2.54. The summed E-state index contributed by atoms with van der Waals surface area (Å²) in [6.07, 6.45) is -0.528. The quantitative estimate of drug-likeness (QED) is 0.260. The summed E-state index contributed by atoms with van der Waals surface area (Å²) in [7, 11) is 0. The second-order valence-corrected chi connectivity index (χ2v) is 5.08. The van der Waals surface area contributed by atoms with Gasteiger partial charge in [0.1, 0.15) is 12.1 Å². The Hall–Kier alpha value is -2.20. The van der Waals surface area contributed by atoms with Gasteiger partial charge in [-0.2, -0.15) is 0 Å². The lowest BCUT2D eigenvalue weighted by Crippen LogP contribution is -2.56. The second kappa shape index (κ2) is 8.95. The summed E-state index contributed by atoms with van der Waals surface area (Å²) in [6, 6.07) is -3.84. The summed E-state index contributed by atoms with van der Waals surface area (Å²) in [4.78, 5) is 45.5. The molecular formula is C12H22N4O6. The Morgan fingerprint density at radius 3 is 1.91 bits per heavy atom. The molecule has 0 aliphatic carbocycles. The number of aliphatic hydroxyl groups is 1. The van der Waals surface area contributed by atoms with Crippen LogP contribution in [0.2, 0.25) is 0 Å². The van der Waals surface area contributed by atoms with Crippen molar-refractivity contribution in [2.45, 2.75) is 38.4 Å². The van der Waals surface area contributed by atoms with E-state index in [0.29, 0.717) is 0 Å². The van der Waals surface area contributed by atoms with E-state index in [0.717, 1.165) is 0 Å². The largest absolute Gasteiger partial charge is 0.480 e. The second-order valence-electron chi connectivity index (χ2n) is 5.08. The number of primary amides is 1. The van der Waals surface area contributed by atoms with Crippen LogP contribution < -0.4 is 22.1 Å². The lowest BCUT2D eigenvalue weighted by molar-refractivity contribution is -0.143. The number of rotatable bonds is 9. The van der Waals surface area contributed by atoms with E-state index in [1.807, 2.05) is 5.32 Å². The number of nitrogens with two attached hydrogens (primary N) is 2. The molecule has 126 valence electrons. The van der Waals surface area contributed by atoms with Crippen LogP contribution in [-0.4, -0.2) is 58.6 Å². The van der Waals surface area contributed by atoms with E-state index in [-0.39, 0.29) is 5.92 Å². The molecule has 0 fully saturated rings. The van der Waals surface area contributed by atoms with Crippen molar-refractivity contribution < 1.29 is 29.4 Å². The first-order chi connectivity index (χ1) is 10.1. The van der Waals surface area contributed by atoms with Crippen LogP contribution in [0.4, 0.5) is 0 Å². The molecule has 8 N–H and O–H groups in total. The first kappa shape index (κ1) is 19.8. The first-order valence-corrected chi connectivity index (χ1v) is 6.58. The Morgan fingerprint density at radius 1 is 1.05 bits per heavy atom. The van der Waals surface area contributed by atoms with Gasteiger partial charge in [-0.25, -0.2) is 4.79 Å². The van der Waals surface area contributed by atoms with Crippen LogP contribution in [0.1, 0.15) is 20.3 Å². The van der Waals surface area contributed by atoms with E-state index in [2.05, 4.69) is 5.32 Å². The van der Waals surface area contributed by atoms with Gasteiger partial charge in [0.25, 0.3) is 0 Å². The smallest absolute Gasteiger partial charge is 0.328 e. The fourth-order valence-corrected chi connectivity index (χ4v) is 1.44. The SMILES string of the molecule is CC(C)C(N)C(=O)NC(CC(N)=O)C(=O)NC(CO)C(=O)O. The van der Waals surface area contributed by atoms with E-state index in [1.54, 1.807) is 13.8 Å². The number of hydrogen-bond donors (Lipinski definition) is 6. The highest BCUT2D eigenvalue weighted by atomic mass is 16.4. The van der Waals surface area contributed by atoms with Crippen molar-refractivity contribution in [2.75, 3.05) is 6.61 Å². The minimum absolute atomic E-state index is 0.207. The average Bonchev–Trinajstić information content (AvgIpc) is 2.41. The van der Waals surface area contributed by atoms with Crippen LogP contribution in [0.25, 0.3) is 0 Å². The molecule has 3 unspecified atom stereocenters. The molecule has 3 amide bonds. The molecular weight excluding hydrogens is 296 g/mol. The Morgan fingerprint density at radius 2 is 1.55 bits per heavy atom. The van der Waals surface area contributed by atoms with Crippen LogP contribution in [0.3, 0.4) is 0 Å². The molecule has 0 heterocycles.